The van der Waals surface area contributed by atoms with Crippen molar-refractivity contribution in [2.75, 3.05) is 45.2 Å². The number of hydrogen-bond donors (Lipinski definition) is 1. The van der Waals surface area contributed by atoms with Crippen LogP contribution in [0.4, 0.5) is 5.69 Å². The second-order valence-corrected chi connectivity index (χ2v) is 7.36. The molecule has 4 rings (SSSR count). The van der Waals surface area contributed by atoms with Crippen LogP contribution < -0.4 is 10.1 Å². The molecule has 1 fully saturated rings. The van der Waals surface area contributed by atoms with Gasteiger partial charge in [0.05, 0.1) is 24.9 Å². The van der Waals surface area contributed by atoms with Crippen LogP contribution >= 0.6 is 11.6 Å². The van der Waals surface area contributed by atoms with E-state index in [4.69, 9.17) is 16.3 Å². The SMILES string of the molecule is COc1cnc(Cl)c2c1C(C(=O)C(=O)N1CCN(C(=O)c3ccccn3)CC1)CN2. The number of fused-ring (bicyclic) bond motifs is 1. The van der Waals surface area contributed by atoms with Crippen molar-refractivity contribution in [2.45, 2.75) is 5.92 Å². The molecule has 156 valence electrons. The van der Waals surface area contributed by atoms with Crippen molar-refractivity contribution >= 4 is 34.9 Å². The number of aromatic nitrogens is 2. The summed E-state index contributed by atoms with van der Waals surface area (Å²) in [5.41, 5.74) is 1.44. The van der Waals surface area contributed by atoms with E-state index in [2.05, 4.69) is 15.3 Å². The molecule has 9 nitrogen and oxygen atoms in total. The summed E-state index contributed by atoms with van der Waals surface area (Å²) in [6, 6.07) is 5.15. The third-order valence-electron chi connectivity index (χ3n) is 5.35. The highest BCUT2D eigenvalue weighted by Gasteiger charge is 2.39. The van der Waals surface area contributed by atoms with E-state index in [0.717, 1.165) is 0 Å². The number of nitrogens with zero attached hydrogens (tertiary/aromatic N) is 4. The highest BCUT2D eigenvalue weighted by Crippen LogP contribution is 2.42. The molecule has 0 aromatic carbocycles. The van der Waals surface area contributed by atoms with Gasteiger partial charge in [-0.1, -0.05) is 17.7 Å². The first-order valence-electron chi connectivity index (χ1n) is 9.51. The maximum atomic E-state index is 13.0. The van der Waals surface area contributed by atoms with Crippen LogP contribution in [0.2, 0.25) is 5.15 Å². The second-order valence-electron chi connectivity index (χ2n) is 7.00. The molecule has 30 heavy (non-hydrogen) atoms. The number of nitrogens with one attached hydrogen (secondary N) is 1. The molecule has 2 aliphatic heterocycles. The summed E-state index contributed by atoms with van der Waals surface area (Å²) in [4.78, 5) is 49.6. The van der Waals surface area contributed by atoms with E-state index in [1.807, 2.05) is 0 Å². The van der Waals surface area contributed by atoms with E-state index in [-0.39, 0.29) is 30.7 Å². The Hall–Kier alpha value is -3.20. The maximum Gasteiger partial charge on any atom is 0.290 e. The van der Waals surface area contributed by atoms with Gasteiger partial charge in [0, 0.05) is 44.5 Å². The zero-order chi connectivity index (χ0) is 21.3. The van der Waals surface area contributed by atoms with Gasteiger partial charge in [0.15, 0.2) is 5.15 Å². The number of carbonyl (C=O) groups excluding carboxylic acids is 3. The van der Waals surface area contributed by atoms with Crippen LogP contribution in [0.5, 0.6) is 5.75 Å². The van der Waals surface area contributed by atoms with Crippen molar-refractivity contribution in [2.24, 2.45) is 0 Å². The predicted octanol–water partition coefficient (Wildman–Crippen LogP) is 1.20. The number of halogens is 1. The molecule has 0 aliphatic carbocycles. The van der Waals surface area contributed by atoms with E-state index >= 15 is 0 Å². The lowest BCUT2D eigenvalue weighted by molar-refractivity contribution is -0.146. The molecule has 2 aromatic heterocycles. The topological polar surface area (TPSA) is 105 Å². The minimum absolute atomic E-state index is 0.185. The van der Waals surface area contributed by atoms with Gasteiger partial charge in [-0.15, -0.1) is 0 Å². The number of pyridine rings is 2. The number of hydrogen-bond acceptors (Lipinski definition) is 7. The molecule has 1 unspecified atom stereocenters. The molecule has 10 heteroatoms. The Labute approximate surface area is 178 Å². The summed E-state index contributed by atoms with van der Waals surface area (Å²) in [5, 5.41) is 3.28. The lowest BCUT2D eigenvalue weighted by Crippen LogP contribution is -2.52. The smallest absolute Gasteiger partial charge is 0.290 e. The first kappa shape index (κ1) is 20.1. The highest BCUT2D eigenvalue weighted by atomic mass is 35.5. The van der Waals surface area contributed by atoms with Gasteiger partial charge in [0.2, 0.25) is 5.78 Å². The average molecular weight is 430 g/mol. The zero-order valence-electron chi connectivity index (χ0n) is 16.3. The molecular weight excluding hydrogens is 410 g/mol. The van der Waals surface area contributed by atoms with Crippen molar-refractivity contribution in [3.05, 3.63) is 47.0 Å². The molecule has 1 saturated heterocycles. The minimum Gasteiger partial charge on any atom is -0.495 e. The van der Waals surface area contributed by atoms with Gasteiger partial charge in [-0.05, 0) is 12.1 Å². The number of Topliss-reactive ketones (excluding diaryl/α,β-unsaturated/α-hetero) is 1. The molecule has 0 spiro atoms. The molecule has 0 saturated carbocycles. The number of rotatable bonds is 4. The fraction of sp³-hybridized carbons (Fsp3) is 0.350. The Morgan fingerprint density at radius 1 is 1.13 bits per heavy atom. The fourth-order valence-electron chi connectivity index (χ4n) is 3.76. The van der Waals surface area contributed by atoms with Crippen LogP contribution in [0.15, 0.2) is 30.6 Å². The third kappa shape index (κ3) is 3.56. The Kier molecular flexibility index (Phi) is 5.54. The van der Waals surface area contributed by atoms with Crippen molar-refractivity contribution in [1.29, 1.82) is 0 Å². The summed E-state index contributed by atoms with van der Waals surface area (Å²) in [7, 11) is 1.48. The van der Waals surface area contributed by atoms with Crippen LogP contribution in [0.1, 0.15) is 22.0 Å². The molecule has 0 bridgehead atoms. The minimum atomic E-state index is -0.698. The van der Waals surface area contributed by atoms with Crippen molar-refractivity contribution in [1.82, 2.24) is 19.8 Å². The lowest BCUT2D eigenvalue weighted by Gasteiger charge is -2.34. The molecule has 2 amide bonds. The van der Waals surface area contributed by atoms with Gasteiger partial charge in [-0.3, -0.25) is 19.4 Å². The number of carbonyl (C=O) groups is 3. The highest BCUT2D eigenvalue weighted by molar-refractivity contribution is 6.39. The van der Waals surface area contributed by atoms with Crippen LogP contribution in [-0.4, -0.2) is 77.2 Å². The molecule has 4 heterocycles. The predicted molar refractivity (Wildman–Crippen MR) is 109 cm³/mol. The summed E-state index contributed by atoms with van der Waals surface area (Å²) in [6.07, 6.45) is 3.01. The maximum absolute atomic E-state index is 13.0. The molecule has 0 radical (unpaired) electrons. The summed E-state index contributed by atoms with van der Waals surface area (Å²) < 4.78 is 5.31. The number of piperazine rings is 1. The van der Waals surface area contributed by atoms with Gasteiger partial charge in [0.25, 0.3) is 11.8 Å². The fourth-order valence-corrected chi connectivity index (χ4v) is 3.98. The third-order valence-corrected chi connectivity index (χ3v) is 5.64. The van der Waals surface area contributed by atoms with E-state index in [0.29, 0.717) is 35.8 Å². The van der Waals surface area contributed by atoms with E-state index < -0.39 is 17.6 Å². The van der Waals surface area contributed by atoms with Crippen molar-refractivity contribution in [3.8, 4) is 5.75 Å². The molecule has 2 aromatic rings. The second kappa shape index (κ2) is 8.27. The normalized spacial score (nSPS) is 17.9. The van der Waals surface area contributed by atoms with Gasteiger partial charge in [0.1, 0.15) is 11.4 Å². The zero-order valence-corrected chi connectivity index (χ0v) is 17.1. The van der Waals surface area contributed by atoms with Gasteiger partial charge in [-0.25, -0.2) is 4.98 Å². The number of ether oxygens (including phenoxy) is 1. The van der Waals surface area contributed by atoms with E-state index in [9.17, 15) is 14.4 Å². The lowest BCUT2D eigenvalue weighted by atomic mass is 9.95. The Bertz CT molecular complexity index is 992. The molecule has 1 N–H and O–H groups in total. The first-order valence-corrected chi connectivity index (χ1v) is 9.88. The van der Waals surface area contributed by atoms with Crippen LogP contribution in [-0.2, 0) is 9.59 Å². The largest absolute Gasteiger partial charge is 0.495 e. The van der Waals surface area contributed by atoms with Crippen LogP contribution in [0.25, 0.3) is 0 Å². The monoisotopic (exact) mass is 429 g/mol. The molecular formula is C20H20ClN5O4. The summed E-state index contributed by atoms with van der Waals surface area (Å²) >= 11 is 6.11. The van der Waals surface area contributed by atoms with Crippen LogP contribution in [0, 0.1) is 0 Å². The number of amides is 2. The van der Waals surface area contributed by atoms with E-state index in [1.165, 1.54) is 18.2 Å². The molecule has 1 atom stereocenters. The van der Waals surface area contributed by atoms with Crippen LogP contribution in [0.3, 0.4) is 0 Å². The number of methoxy groups -OCH3 is 1. The Morgan fingerprint density at radius 3 is 2.53 bits per heavy atom. The summed E-state index contributed by atoms with van der Waals surface area (Å²) in [5.74, 6) is -1.58. The Balaban J connectivity index is 1.43. The van der Waals surface area contributed by atoms with Crippen molar-refractivity contribution in [3.63, 3.8) is 0 Å². The molecule has 2 aliphatic rings. The summed E-state index contributed by atoms with van der Waals surface area (Å²) in [6.45, 7) is 1.49. The first-order chi connectivity index (χ1) is 14.5. The van der Waals surface area contributed by atoms with E-state index in [1.54, 1.807) is 29.3 Å². The Morgan fingerprint density at radius 2 is 1.87 bits per heavy atom. The van der Waals surface area contributed by atoms with Gasteiger partial charge < -0.3 is 19.9 Å². The van der Waals surface area contributed by atoms with Crippen molar-refractivity contribution < 1.29 is 19.1 Å². The number of ketones is 1. The quantitative estimate of drug-likeness (QED) is 0.575. The van der Waals surface area contributed by atoms with Gasteiger partial charge >= 0.3 is 0 Å². The standard InChI is InChI=1S/C20H20ClN5O4/c1-30-14-11-24-18(21)16-15(14)12(10-23-16)17(27)20(29)26-8-6-25(7-9-26)19(28)13-4-2-3-5-22-13/h2-5,11-12,23H,6-10H2,1H3. The van der Waals surface area contributed by atoms with Gasteiger partial charge in [-0.2, -0.15) is 0 Å². The number of anilines is 1. The average Bonchev–Trinajstić information content (AvgIpc) is 3.25.